The number of benzene rings is 1. The quantitative estimate of drug-likeness (QED) is 0.565. The van der Waals surface area contributed by atoms with Crippen LogP contribution >= 0.6 is 11.8 Å². The Bertz CT molecular complexity index is 612. The molecule has 0 saturated carbocycles. The number of carbonyl (C=O) groups excluding carboxylic acids is 1. The molecule has 0 saturated heterocycles. The van der Waals surface area contributed by atoms with Gasteiger partial charge >= 0.3 is 0 Å². The molecule has 6 heteroatoms. The number of nitrogens with one attached hydrogen (secondary N) is 1. The second kappa shape index (κ2) is 9.35. The first-order chi connectivity index (χ1) is 11.3. The maximum atomic E-state index is 11.9. The summed E-state index contributed by atoms with van der Waals surface area (Å²) in [7, 11) is 0. The average molecular weight is 332 g/mol. The Balaban J connectivity index is 1.93. The van der Waals surface area contributed by atoms with Crippen molar-refractivity contribution in [1.29, 1.82) is 0 Å². The van der Waals surface area contributed by atoms with Gasteiger partial charge in [-0.15, -0.1) is 10.2 Å². The lowest BCUT2D eigenvalue weighted by atomic mass is 10.2. The van der Waals surface area contributed by atoms with Gasteiger partial charge in [0.05, 0.1) is 5.75 Å². The molecular formula is C17H24N4OS. The van der Waals surface area contributed by atoms with Crippen molar-refractivity contribution in [2.45, 2.75) is 44.8 Å². The second-order valence-electron chi connectivity index (χ2n) is 5.26. The molecule has 1 aromatic carbocycles. The molecule has 0 unspecified atom stereocenters. The number of amides is 1. The highest BCUT2D eigenvalue weighted by Crippen LogP contribution is 2.23. The first-order valence-electron chi connectivity index (χ1n) is 8.14. The third-order valence-electron chi connectivity index (χ3n) is 3.50. The van der Waals surface area contributed by atoms with Crippen LogP contribution in [0.15, 0.2) is 35.5 Å². The van der Waals surface area contributed by atoms with Gasteiger partial charge in [-0.05, 0) is 13.3 Å². The van der Waals surface area contributed by atoms with Crippen molar-refractivity contribution >= 4 is 17.7 Å². The van der Waals surface area contributed by atoms with E-state index in [2.05, 4.69) is 29.4 Å². The van der Waals surface area contributed by atoms with E-state index in [1.165, 1.54) is 11.8 Å². The maximum Gasteiger partial charge on any atom is 0.230 e. The Labute approximate surface area is 141 Å². The van der Waals surface area contributed by atoms with Gasteiger partial charge in [-0.2, -0.15) is 0 Å². The molecule has 2 rings (SSSR count). The molecule has 5 nitrogen and oxygen atoms in total. The summed E-state index contributed by atoms with van der Waals surface area (Å²) >= 11 is 1.44. The largest absolute Gasteiger partial charge is 0.355 e. The van der Waals surface area contributed by atoms with E-state index in [4.69, 9.17) is 0 Å². The number of hydrogen-bond donors (Lipinski definition) is 1. The fourth-order valence-electron chi connectivity index (χ4n) is 2.27. The second-order valence-corrected chi connectivity index (χ2v) is 6.20. The van der Waals surface area contributed by atoms with E-state index in [1.807, 2.05) is 34.9 Å². The summed E-state index contributed by atoms with van der Waals surface area (Å²) in [6, 6.07) is 9.99. The highest BCUT2D eigenvalue weighted by atomic mass is 32.2. The van der Waals surface area contributed by atoms with E-state index in [0.717, 1.165) is 48.9 Å². The normalized spacial score (nSPS) is 10.7. The Morgan fingerprint density at radius 1 is 1.17 bits per heavy atom. The van der Waals surface area contributed by atoms with E-state index < -0.39 is 0 Å². The van der Waals surface area contributed by atoms with Crippen LogP contribution < -0.4 is 5.32 Å². The summed E-state index contributed by atoms with van der Waals surface area (Å²) in [6.45, 7) is 5.74. The third-order valence-corrected chi connectivity index (χ3v) is 4.47. The van der Waals surface area contributed by atoms with Gasteiger partial charge in [0.2, 0.25) is 5.91 Å². The van der Waals surface area contributed by atoms with Crippen molar-refractivity contribution in [3.8, 4) is 11.4 Å². The number of thioether (sulfide) groups is 1. The van der Waals surface area contributed by atoms with E-state index in [9.17, 15) is 4.79 Å². The van der Waals surface area contributed by atoms with Crippen LogP contribution in [0.5, 0.6) is 0 Å². The molecule has 23 heavy (non-hydrogen) atoms. The minimum atomic E-state index is 0.0537. The van der Waals surface area contributed by atoms with Crippen molar-refractivity contribution in [3.63, 3.8) is 0 Å². The van der Waals surface area contributed by atoms with Gasteiger partial charge in [-0.1, -0.05) is 61.9 Å². The molecule has 0 bridgehead atoms. The summed E-state index contributed by atoms with van der Waals surface area (Å²) in [5.74, 6) is 1.27. The fourth-order valence-corrected chi connectivity index (χ4v) is 3.10. The summed E-state index contributed by atoms with van der Waals surface area (Å²) < 4.78 is 2.05. The molecule has 0 aliphatic heterocycles. The predicted octanol–water partition coefficient (Wildman–Crippen LogP) is 3.36. The van der Waals surface area contributed by atoms with Crippen LogP contribution in [0.4, 0.5) is 0 Å². The van der Waals surface area contributed by atoms with Gasteiger partial charge in [0.1, 0.15) is 0 Å². The van der Waals surface area contributed by atoms with Gasteiger partial charge in [0.15, 0.2) is 11.0 Å². The molecule has 1 N–H and O–H groups in total. The molecule has 0 spiro atoms. The van der Waals surface area contributed by atoms with Gasteiger partial charge < -0.3 is 9.88 Å². The van der Waals surface area contributed by atoms with E-state index in [0.29, 0.717) is 5.75 Å². The van der Waals surface area contributed by atoms with Crippen molar-refractivity contribution in [1.82, 2.24) is 20.1 Å². The van der Waals surface area contributed by atoms with Gasteiger partial charge in [-0.3, -0.25) is 4.79 Å². The minimum Gasteiger partial charge on any atom is -0.355 e. The number of nitrogens with zero attached hydrogens (tertiary/aromatic N) is 3. The lowest BCUT2D eigenvalue weighted by Crippen LogP contribution is -2.26. The van der Waals surface area contributed by atoms with Gasteiger partial charge in [0.25, 0.3) is 0 Å². The van der Waals surface area contributed by atoms with Crippen LogP contribution in [0.25, 0.3) is 11.4 Å². The number of unbranched alkanes of at least 4 members (excludes halogenated alkanes) is 2. The lowest BCUT2D eigenvalue weighted by Gasteiger charge is -2.07. The fraction of sp³-hybridized carbons (Fsp3) is 0.471. The maximum absolute atomic E-state index is 11.9. The first kappa shape index (κ1) is 17.5. The average Bonchev–Trinajstić information content (AvgIpc) is 3.00. The van der Waals surface area contributed by atoms with Crippen molar-refractivity contribution in [2.24, 2.45) is 0 Å². The number of aromatic nitrogens is 3. The zero-order valence-corrected chi connectivity index (χ0v) is 14.6. The highest BCUT2D eigenvalue weighted by molar-refractivity contribution is 7.99. The SMILES string of the molecule is CCCCCNC(=O)CSc1nnc(-c2ccccc2)n1CC. The first-order valence-corrected chi connectivity index (χ1v) is 9.13. The zero-order valence-electron chi connectivity index (χ0n) is 13.8. The smallest absolute Gasteiger partial charge is 0.230 e. The molecular weight excluding hydrogens is 308 g/mol. The molecule has 1 aromatic heterocycles. The Morgan fingerprint density at radius 3 is 2.65 bits per heavy atom. The minimum absolute atomic E-state index is 0.0537. The molecule has 0 radical (unpaired) electrons. The number of carbonyl (C=O) groups is 1. The Kier molecular flexibility index (Phi) is 7.13. The van der Waals surface area contributed by atoms with Crippen molar-refractivity contribution in [2.75, 3.05) is 12.3 Å². The monoisotopic (exact) mass is 332 g/mol. The standard InChI is InChI=1S/C17H24N4OS/c1-3-5-9-12-18-15(22)13-23-17-20-19-16(21(17)4-2)14-10-7-6-8-11-14/h6-8,10-11H,3-5,9,12-13H2,1-2H3,(H,18,22). The highest BCUT2D eigenvalue weighted by Gasteiger charge is 2.14. The Morgan fingerprint density at radius 2 is 1.96 bits per heavy atom. The molecule has 2 aromatic rings. The summed E-state index contributed by atoms with van der Waals surface area (Å²) in [5, 5.41) is 12.3. The summed E-state index contributed by atoms with van der Waals surface area (Å²) in [4.78, 5) is 11.9. The van der Waals surface area contributed by atoms with Crippen LogP contribution in [0.2, 0.25) is 0 Å². The van der Waals surface area contributed by atoms with Crippen LogP contribution in [-0.2, 0) is 11.3 Å². The molecule has 0 atom stereocenters. The lowest BCUT2D eigenvalue weighted by molar-refractivity contribution is -0.118. The van der Waals surface area contributed by atoms with Gasteiger partial charge in [0, 0.05) is 18.7 Å². The van der Waals surface area contributed by atoms with Crippen LogP contribution in [-0.4, -0.2) is 33.0 Å². The zero-order chi connectivity index (χ0) is 16.5. The number of hydrogen-bond acceptors (Lipinski definition) is 4. The van der Waals surface area contributed by atoms with E-state index >= 15 is 0 Å². The van der Waals surface area contributed by atoms with Gasteiger partial charge in [-0.25, -0.2) is 0 Å². The van der Waals surface area contributed by atoms with Crippen LogP contribution in [0.3, 0.4) is 0 Å². The molecule has 0 fully saturated rings. The molecule has 1 heterocycles. The topological polar surface area (TPSA) is 59.8 Å². The predicted molar refractivity (Wildman–Crippen MR) is 94.4 cm³/mol. The van der Waals surface area contributed by atoms with Crippen LogP contribution in [0, 0.1) is 0 Å². The van der Waals surface area contributed by atoms with E-state index in [1.54, 1.807) is 0 Å². The summed E-state index contributed by atoms with van der Waals surface area (Å²) in [6.07, 6.45) is 3.35. The molecule has 124 valence electrons. The molecule has 1 amide bonds. The Hall–Kier alpha value is -1.82. The third kappa shape index (κ3) is 5.10. The number of rotatable bonds is 9. The molecule has 0 aliphatic rings. The van der Waals surface area contributed by atoms with Crippen molar-refractivity contribution < 1.29 is 4.79 Å². The molecule has 0 aliphatic carbocycles. The van der Waals surface area contributed by atoms with Crippen LogP contribution in [0.1, 0.15) is 33.1 Å². The van der Waals surface area contributed by atoms with Crippen molar-refractivity contribution in [3.05, 3.63) is 30.3 Å². The summed E-state index contributed by atoms with van der Waals surface area (Å²) in [5.41, 5.74) is 1.04. The van der Waals surface area contributed by atoms with E-state index in [-0.39, 0.29) is 5.91 Å².